The van der Waals surface area contributed by atoms with Crippen molar-refractivity contribution in [3.8, 4) is 5.75 Å². The Morgan fingerprint density at radius 1 is 1.06 bits per heavy atom. The van der Waals surface area contributed by atoms with Crippen molar-refractivity contribution in [2.24, 2.45) is 11.3 Å². The molecule has 2 aromatic carbocycles. The largest absolute Gasteiger partial charge is 0.493 e. The van der Waals surface area contributed by atoms with Crippen LogP contribution in [0.15, 0.2) is 60.7 Å². The molecule has 0 aliphatic heterocycles. The standard InChI is InChI=1S/C30H42NO4/c1-28(2,3)30(33,24-13-8-6-9-14-24)27(32)35-26-21-23-17-18-29(26,22-23)31(4,5)19-12-20-34-25-15-10-7-11-16-25/h6-11,13-16,23,26,33H,12,17-22H2,1-5H3/q+1. The summed E-state index contributed by atoms with van der Waals surface area (Å²) >= 11 is 0. The number of para-hydroxylation sites is 1. The lowest BCUT2D eigenvalue weighted by molar-refractivity contribution is -0.944. The first-order valence-corrected chi connectivity index (χ1v) is 13.0. The minimum Gasteiger partial charge on any atom is -0.493 e. The first kappa shape index (κ1) is 25.7. The Morgan fingerprint density at radius 2 is 1.69 bits per heavy atom. The second-order valence-corrected chi connectivity index (χ2v) is 12.1. The fraction of sp³-hybridized carbons (Fsp3) is 0.567. The number of fused-ring (bicyclic) bond motifs is 2. The highest BCUT2D eigenvalue weighted by atomic mass is 16.6. The summed E-state index contributed by atoms with van der Waals surface area (Å²) in [6, 6.07) is 19.2. The Hall–Kier alpha value is -2.37. The van der Waals surface area contributed by atoms with E-state index in [0.29, 0.717) is 18.1 Å². The summed E-state index contributed by atoms with van der Waals surface area (Å²) in [7, 11) is 4.54. The number of aliphatic hydroxyl groups is 1. The lowest BCUT2D eigenvalue weighted by atomic mass is 9.72. The van der Waals surface area contributed by atoms with Crippen LogP contribution in [0, 0.1) is 11.3 Å². The summed E-state index contributed by atoms with van der Waals surface area (Å²) in [5.74, 6) is 0.942. The van der Waals surface area contributed by atoms with Crippen molar-refractivity contribution in [1.82, 2.24) is 0 Å². The smallest absolute Gasteiger partial charge is 0.343 e. The van der Waals surface area contributed by atoms with Gasteiger partial charge < -0.3 is 19.1 Å². The molecule has 2 bridgehead atoms. The average Bonchev–Trinajstić information content (AvgIpc) is 3.42. The maximum atomic E-state index is 13.7. The molecule has 0 saturated heterocycles. The summed E-state index contributed by atoms with van der Waals surface area (Å²) < 4.78 is 13.0. The monoisotopic (exact) mass is 480 g/mol. The molecule has 5 nitrogen and oxygen atoms in total. The zero-order chi connectivity index (χ0) is 25.3. The van der Waals surface area contributed by atoms with Gasteiger partial charge in [-0.3, -0.25) is 0 Å². The number of ether oxygens (including phenoxy) is 2. The highest BCUT2D eigenvalue weighted by Crippen LogP contribution is 2.55. The van der Waals surface area contributed by atoms with Crippen molar-refractivity contribution in [2.75, 3.05) is 27.2 Å². The van der Waals surface area contributed by atoms with Gasteiger partial charge in [0.25, 0.3) is 0 Å². The number of benzene rings is 2. The predicted molar refractivity (Wildman–Crippen MR) is 138 cm³/mol. The molecule has 0 amide bonds. The SMILES string of the molecule is CC(C)(C)C(O)(C(=O)OC1CC2CCC1([N+](C)(C)CCCOc1ccccc1)C2)c1ccccc1. The number of carbonyl (C=O) groups excluding carboxylic acids is 1. The van der Waals surface area contributed by atoms with Crippen molar-refractivity contribution < 1.29 is 23.9 Å². The first-order chi connectivity index (χ1) is 16.5. The number of hydrogen-bond acceptors (Lipinski definition) is 4. The van der Waals surface area contributed by atoms with E-state index in [4.69, 9.17) is 9.47 Å². The molecule has 5 heteroatoms. The molecular formula is C30H42NO4+. The van der Waals surface area contributed by atoms with E-state index in [2.05, 4.69) is 14.1 Å². The summed E-state index contributed by atoms with van der Waals surface area (Å²) in [5.41, 5.74) is -1.96. The van der Waals surface area contributed by atoms with E-state index in [1.807, 2.05) is 81.4 Å². The van der Waals surface area contributed by atoms with E-state index in [0.717, 1.165) is 42.5 Å². The van der Waals surface area contributed by atoms with Crippen LogP contribution in [0.3, 0.4) is 0 Å². The molecule has 35 heavy (non-hydrogen) atoms. The highest BCUT2D eigenvalue weighted by Gasteiger charge is 2.64. The molecule has 2 saturated carbocycles. The van der Waals surface area contributed by atoms with Crippen LogP contribution >= 0.6 is 0 Å². The Balaban J connectivity index is 1.49. The number of hydrogen-bond donors (Lipinski definition) is 1. The molecule has 0 radical (unpaired) electrons. The van der Waals surface area contributed by atoms with Gasteiger partial charge in [-0.05, 0) is 36.5 Å². The van der Waals surface area contributed by atoms with Gasteiger partial charge >= 0.3 is 5.97 Å². The van der Waals surface area contributed by atoms with E-state index in [9.17, 15) is 9.90 Å². The molecule has 2 aliphatic carbocycles. The van der Waals surface area contributed by atoms with Crippen molar-refractivity contribution >= 4 is 5.97 Å². The van der Waals surface area contributed by atoms with Crippen LogP contribution in [-0.2, 0) is 15.1 Å². The summed E-state index contributed by atoms with van der Waals surface area (Å²) in [6.07, 6.45) is 4.89. The molecule has 2 aromatic rings. The van der Waals surface area contributed by atoms with E-state index in [1.165, 1.54) is 6.42 Å². The lowest BCUT2D eigenvalue weighted by Crippen LogP contribution is -2.65. The molecule has 2 aliphatic rings. The minimum absolute atomic E-state index is 0.122. The van der Waals surface area contributed by atoms with Crippen LogP contribution in [0.4, 0.5) is 0 Å². The zero-order valence-electron chi connectivity index (χ0n) is 22.0. The maximum Gasteiger partial charge on any atom is 0.343 e. The van der Waals surface area contributed by atoms with E-state index in [-0.39, 0.29) is 11.6 Å². The van der Waals surface area contributed by atoms with Crippen LogP contribution in [0.2, 0.25) is 0 Å². The van der Waals surface area contributed by atoms with Gasteiger partial charge in [0.1, 0.15) is 11.3 Å². The summed E-state index contributed by atoms with van der Waals surface area (Å²) in [6.45, 7) is 7.28. The molecule has 4 unspecified atom stereocenters. The summed E-state index contributed by atoms with van der Waals surface area (Å²) in [5, 5.41) is 11.8. The highest BCUT2D eigenvalue weighted by molar-refractivity contribution is 5.82. The van der Waals surface area contributed by atoms with Gasteiger partial charge in [0.15, 0.2) is 11.7 Å². The van der Waals surface area contributed by atoms with Crippen LogP contribution in [0.1, 0.15) is 58.4 Å². The van der Waals surface area contributed by atoms with Crippen molar-refractivity contribution in [3.63, 3.8) is 0 Å². The molecule has 0 aromatic heterocycles. The number of likely N-dealkylation sites (N-methyl/N-ethyl adjacent to an activating group) is 1. The molecule has 4 atom stereocenters. The topological polar surface area (TPSA) is 55.8 Å². The zero-order valence-corrected chi connectivity index (χ0v) is 22.0. The van der Waals surface area contributed by atoms with Crippen molar-refractivity contribution in [3.05, 3.63) is 66.2 Å². The fourth-order valence-corrected chi connectivity index (χ4v) is 6.41. The van der Waals surface area contributed by atoms with Gasteiger partial charge in [-0.1, -0.05) is 69.3 Å². The van der Waals surface area contributed by atoms with Gasteiger partial charge in [-0.15, -0.1) is 0 Å². The van der Waals surface area contributed by atoms with Crippen molar-refractivity contribution in [2.45, 2.75) is 70.1 Å². The van der Waals surface area contributed by atoms with Gasteiger partial charge in [-0.2, -0.15) is 0 Å². The number of quaternary nitrogens is 1. The van der Waals surface area contributed by atoms with Gasteiger partial charge in [0, 0.05) is 24.7 Å². The first-order valence-electron chi connectivity index (χ1n) is 13.0. The third-order valence-electron chi connectivity index (χ3n) is 8.68. The third-order valence-corrected chi connectivity index (χ3v) is 8.68. The van der Waals surface area contributed by atoms with Crippen LogP contribution in [0.25, 0.3) is 0 Å². The van der Waals surface area contributed by atoms with Crippen LogP contribution in [0.5, 0.6) is 5.75 Å². The normalized spacial score (nSPS) is 25.8. The Labute approximate surface area is 210 Å². The molecule has 1 N–H and O–H groups in total. The van der Waals surface area contributed by atoms with E-state index in [1.54, 1.807) is 0 Å². The lowest BCUT2D eigenvalue weighted by Gasteiger charge is -2.49. The molecule has 4 rings (SSSR count). The Kier molecular flexibility index (Phi) is 7.05. The van der Waals surface area contributed by atoms with Gasteiger partial charge in [-0.25, -0.2) is 4.79 Å². The van der Waals surface area contributed by atoms with Gasteiger partial charge in [0.2, 0.25) is 0 Å². The molecule has 2 fully saturated rings. The van der Waals surface area contributed by atoms with Crippen LogP contribution < -0.4 is 4.74 Å². The second-order valence-electron chi connectivity index (χ2n) is 12.1. The molecule has 0 heterocycles. The predicted octanol–water partition coefficient (Wildman–Crippen LogP) is 5.32. The third kappa shape index (κ3) is 4.73. The van der Waals surface area contributed by atoms with Crippen molar-refractivity contribution in [1.29, 1.82) is 0 Å². The van der Waals surface area contributed by atoms with Crippen LogP contribution in [-0.4, -0.2) is 54.4 Å². The Bertz CT molecular complexity index is 1000. The number of nitrogens with zero attached hydrogens (tertiary/aromatic N) is 1. The Morgan fingerprint density at radius 3 is 2.29 bits per heavy atom. The maximum absolute atomic E-state index is 13.7. The molecule has 0 spiro atoms. The minimum atomic E-state index is -1.71. The number of esters is 1. The van der Waals surface area contributed by atoms with E-state index < -0.39 is 17.0 Å². The van der Waals surface area contributed by atoms with E-state index >= 15 is 0 Å². The average molecular weight is 481 g/mol. The number of carbonyl (C=O) groups is 1. The quantitative estimate of drug-likeness (QED) is 0.300. The fourth-order valence-electron chi connectivity index (χ4n) is 6.41. The second kappa shape index (κ2) is 9.59. The number of rotatable bonds is 9. The molecule has 190 valence electrons. The molecular weight excluding hydrogens is 438 g/mol. The summed E-state index contributed by atoms with van der Waals surface area (Å²) in [4.78, 5) is 13.7. The van der Waals surface area contributed by atoms with Gasteiger partial charge in [0.05, 0.1) is 27.2 Å².